The Bertz CT molecular complexity index is 1150. The van der Waals surface area contributed by atoms with Gasteiger partial charge in [-0.2, -0.15) is 0 Å². The molecule has 0 aromatic rings. The Morgan fingerprint density at radius 2 is 1.71 bits per heavy atom. The summed E-state index contributed by atoms with van der Waals surface area (Å²) in [7, 11) is 3.56. The predicted molar refractivity (Wildman–Crippen MR) is 156 cm³/mol. The van der Waals surface area contributed by atoms with Crippen LogP contribution in [0.3, 0.4) is 0 Å². The Morgan fingerprint density at radius 3 is 2.27 bits per heavy atom. The Morgan fingerprint density at radius 1 is 1.09 bits per heavy atom. The molecule has 0 aliphatic carbocycles. The summed E-state index contributed by atoms with van der Waals surface area (Å²) in [6.07, 6.45) is -8.87. The zero-order chi connectivity index (χ0) is 34.2. The number of ketones is 2. The third kappa shape index (κ3) is 7.50. The number of cyclic esters (lactones) is 1. The highest BCUT2D eigenvalue weighted by molar-refractivity contribution is 6.03. The number of carbonyl (C=O) groups is 5. The van der Waals surface area contributed by atoms with Gasteiger partial charge in [0.2, 0.25) is 0 Å². The molecule has 3 aliphatic heterocycles. The van der Waals surface area contributed by atoms with E-state index in [1.165, 1.54) is 20.8 Å². The van der Waals surface area contributed by atoms with Crippen LogP contribution in [0.5, 0.6) is 0 Å². The summed E-state index contributed by atoms with van der Waals surface area (Å²) < 4.78 is 44.8. The molecule has 3 fully saturated rings. The molecule has 0 aromatic heterocycles. The van der Waals surface area contributed by atoms with Gasteiger partial charge in [0.05, 0.1) is 12.1 Å². The average molecular weight is 645 g/mol. The minimum atomic E-state index is -2.78. The van der Waals surface area contributed by atoms with Crippen molar-refractivity contribution in [3.05, 3.63) is 0 Å². The number of alkyl halides is 1. The topological polar surface area (TPSA) is 167 Å². The molecule has 0 spiro atoms. The van der Waals surface area contributed by atoms with Crippen LogP contribution < -0.4 is 5.32 Å². The normalized spacial score (nSPS) is 43.5. The molecule has 256 valence electrons. The van der Waals surface area contributed by atoms with Crippen molar-refractivity contribution in [2.24, 2.45) is 17.8 Å². The third-order valence-electron chi connectivity index (χ3n) is 9.51. The van der Waals surface area contributed by atoms with Crippen molar-refractivity contribution < 1.29 is 57.2 Å². The first-order valence-electron chi connectivity index (χ1n) is 15.5. The van der Waals surface area contributed by atoms with Crippen molar-refractivity contribution >= 4 is 29.6 Å². The van der Waals surface area contributed by atoms with E-state index in [1.807, 2.05) is 0 Å². The summed E-state index contributed by atoms with van der Waals surface area (Å²) in [5.74, 6) is -7.04. The summed E-state index contributed by atoms with van der Waals surface area (Å²) >= 11 is 0. The zero-order valence-corrected chi connectivity index (χ0v) is 27.8. The van der Waals surface area contributed by atoms with Crippen LogP contribution in [0.1, 0.15) is 74.7 Å². The fourth-order valence-electron chi connectivity index (χ4n) is 7.21. The number of nitrogens with zero attached hydrogens (tertiary/aromatic N) is 1. The molecule has 45 heavy (non-hydrogen) atoms. The Balaban J connectivity index is 2.15. The molecule has 1 amide bonds. The summed E-state index contributed by atoms with van der Waals surface area (Å²) in [4.78, 5) is 67.5. The molecule has 3 heterocycles. The third-order valence-corrected chi connectivity index (χ3v) is 9.51. The van der Waals surface area contributed by atoms with E-state index in [2.05, 4.69) is 5.32 Å². The molecule has 0 unspecified atom stereocenters. The van der Waals surface area contributed by atoms with Crippen molar-refractivity contribution in [3.8, 4) is 0 Å². The van der Waals surface area contributed by atoms with Crippen molar-refractivity contribution in [1.82, 2.24) is 10.2 Å². The molecule has 0 bridgehead atoms. The number of hydrogen-bond donors (Lipinski definition) is 2. The van der Waals surface area contributed by atoms with Crippen molar-refractivity contribution in [2.45, 2.75) is 135 Å². The molecule has 3 rings (SSSR count). The number of likely N-dealkylation sites (N-methyl/N-ethyl adjacent to an activating group) is 1. The molecule has 3 aliphatic rings. The van der Waals surface area contributed by atoms with Crippen LogP contribution in [0.2, 0.25) is 0 Å². The number of halogens is 1. The molecule has 0 aromatic carbocycles. The van der Waals surface area contributed by atoms with Crippen LogP contribution in [-0.2, 0) is 42.9 Å². The van der Waals surface area contributed by atoms with Gasteiger partial charge in [0.1, 0.15) is 29.7 Å². The number of rotatable bonds is 5. The second-order valence-electron chi connectivity index (χ2n) is 13.4. The largest absolute Gasteiger partial charge is 0.457 e. The Labute approximate surface area is 263 Å². The van der Waals surface area contributed by atoms with E-state index in [0.717, 1.165) is 6.92 Å². The predicted octanol–water partition coefficient (Wildman–Crippen LogP) is 2.10. The minimum Gasteiger partial charge on any atom is -0.457 e. The summed E-state index contributed by atoms with van der Waals surface area (Å²) in [5, 5.41) is 13.8. The monoisotopic (exact) mass is 644 g/mol. The minimum absolute atomic E-state index is 0.0824. The van der Waals surface area contributed by atoms with Gasteiger partial charge in [-0.1, -0.05) is 27.7 Å². The van der Waals surface area contributed by atoms with E-state index in [4.69, 9.17) is 23.7 Å². The molecular weight excluding hydrogens is 595 g/mol. The Kier molecular flexibility index (Phi) is 11.4. The number of nitrogens with one attached hydrogen (secondary N) is 1. The number of alkyl carbamates (subject to hydrolysis) is 1. The Hall–Kier alpha value is -2.68. The molecule has 0 radical (unpaired) electrons. The van der Waals surface area contributed by atoms with E-state index >= 15 is 4.39 Å². The van der Waals surface area contributed by atoms with Gasteiger partial charge in [-0.15, -0.1) is 0 Å². The number of hydrogen-bond acceptors (Lipinski definition) is 12. The van der Waals surface area contributed by atoms with Gasteiger partial charge in [-0.25, -0.2) is 14.0 Å². The van der Waals surface area contributed by atoms with Crippen LogP contribution in [0.4, 0.5) is 9.18 Å². The number of ether oxygens (including phenoxy) is 5. The van der Waals surface area contributed by atoms with Gasteiger partial charge in [0.15, 0.2) is 17.7 Å². The lowest BCUT2D eigenvalue weighted by molar-refractivity contribution is -0.294. The number of esters is 2. The molecule has 0 saturated carbocycles. The van der Waals surface area contributed by atoms with Crippen molar-refractivity contribution in [2.75, 3.05) is 14.1 Å². The lowest BCUT2D eigenvalue weighted by atomic mass is 9.74. The van der Waals surface area contributed by atoms with Crippen LogP contribution in [0, 0.1) is 17.8 Å². The second-order valence-corrected chi connectivity index (χ2v) is 13.4. The maximum atomic E-state index is 15.8. The zero-order valence-electron chi connectivity index (χ0n) is 27.8. The number of amides is 1. The van der Waals surface area contributed by atoms with Crippen LogP contribution >= 0.6 is 0 Å². The average Bonchev–Trinajstić information content (AvgIpc) is 3.26. The molecule has 2 N–H and O–H groups in total. The SMILES string of the molecule is CC[C@H]1OC(=O)[C@H](F)C(=O)[C@H](C)[C@@H](O[C@@H]2O[C@H](C)C[C@H](N(C)C)[C@H]2O)[C@](C)(OC(C)=O)C[C@@H](C)C(=O)[C@H](C)[C@H]2NC(=O)O[C@@]21C. The molecule has 13 nitrogen and oxygen atoms in total. The number of carbonyl (C=O) groups excluding carboxylic acids is 5. The van der Waals surface area contributed by atoms with Crippen LogP contribution in [0.25, 0.3) is 0 Å². The van der Waals surface area contributed by atoms with Gasteiger partial charge in [0.25, 0.3) is 6.17 Å². The highest BCUT2D eigenvalue weighted by Gasteiger charge is 2.58. The summed E-state index contributed by atoms with van der Waals surface area (Å²) in [6, 6.07) is -1.38. The maximum Gasteiger partial charge on any atom is 0.408 e. The van der Waals surface area contributed by atoms with Crippen molar-refractivity contribution in [3.63, 3.8) is 0 Å². The fourth-order valence-corrected chi connectivity index (χ4v) is 7.21. The van der Waals surface area contributed by atoms with Gasteiger partial charge in [0, 0.05) is 30.7 Å². The maximum absolute atomic E-state index is 15.8. The molecule has 3 saturated heterocycles. The van der Waals surface area contributed by atoms with E-state index in [9.17, 15) is 29.1 Å². The summed E-state index contributed by atoms with van der Waals surface area (Å²) in [5.41, 5.74) is -3.32. The van der Waals surface area contributed by atoms with E-state index in [-0.39, 0.29) is 24.7 Å². The van der Waals surface area contributed by atoms with Gasteiger partial charge >= 0.3 is 18.0 Å². The second kappa shape index (κ2) is 14.0. The van der Waals surface area contributed by atoms with Crippen LogP contribution in [-0.4, -0.2) is 114 Å². The quantitative estimate of drug-likeness (QED) is 0.255. The lowest BCUT2D eigenvalue weighted by Gasteiger charge is -2.46. The molecular formula is C31H49FN2O11. The lowest BCUT2D eigenvalue weighted by Crippen LogP contribution is -2.60. The van der Waals surface area contributed by atoms with E-state index < -0.39 is 95.6 Å². The highest BCUT2D eigenvalue weighted by atomic mass is 19.1. The number of fused-ring (bicyclic) bond motifs is 1. The fraction of sp³-hybridized carbons (Fsp3) is 0.839. The highest BCUT2D eigenvalue weighted by Crippen LogP contribution is 2.40. The molecule has 14 heteroatoms. The van der Waals surface area contributed by atoms with Gasteiger partial charge < -0.3 is 39.0 Å². The standard InChI is InChI=1S/C31H49FN2O11/c1-11-20-31(8)25(33-29(40)45-31)16(4)22(36)14(2)13-30(7,44-18(6)35)26(17(5)23(37)21(32)27(39)42-20)43-28-24(38)19(34(9)10)12-15(3)41-28/h14-17,19-21,24-26,28,38H,11-13H2,1-10H3,(H,33,40)/t14-,15-,16+,17+,19+,20-,21-,24-,25-,26-,28+,30-,31-/m1/s1. The first kappa shape index (κ1) is 36.8. The smallest absolute Gasteiger partial charge is 0.408 e. The van der Waals surface area contributed by atoms with Gasteiger partial charge in [-0.3, -0.25) is 14.4 Å². The number of aliphatic hydroxyl groups is 1. The number of aliphatic hydroxyl groups excluding tert-OH is 1. The van der Waals surface area contributed by atoms with E-state index in [1.54, 1.807) is 46.7 Å². The van der Waals surface area contributed by atoms with Crippen molar-refractivity contribution in [1.29, 1.82) is 0 Å². The van der Waals surface area contributed by atoms with Gasteiger partial charge in [-0.05, 0) is 54.1 Å². The van der Waals surface area contributed by atoms with E-state index in [0.29, 0.717) is 6.42 Å². The summed E-state index contributed by atoms with van der Waals surface area (Å²) in [6.45, 7) is 12.0. The molecule has 13 atom stereocenters. The first-order valence-corrected chi connectivity index (χ1v) is 15.5. The number of Topliss-reactive ketones (excluding diaryl/α,β-unsaturated/α-hetero) is 2. The van der Waals surface area contributed by atoms with Crippen LogP contribution in [0.15, 0.2) is 0 Å². The first-order chi connectivity index (χ1) is 20.8.